The first-order valence-electron chi connectivity index (χ1n) is 10.2. The fourth-order valence-electron chi connectivity index (χ4n) is 3.71. The van der Waals surface area contributed by atoms with E-state index in [4.69, 9.17) is 0 Å². The van der Waals surface area contributed by atoms with Gasteiger partial charge in [-0.1, -0.05) is 24.3 Å². The maximum atomic E-state index is 14.9. The number of imidazole rings is 1. The van der Waals surface area contributed by atoms with E-state index in [1.807, 2.05) is 4.72 Å². The minimum Gasteiger partial charge on any atom is -0.369 e. The number of para-hydroxylation sites is 2. The van der Waals surface area contributed by atoms with Crippen molar-refractivity contribution in [1.82, 2.24) is 20.0 Å². The van der Waals surface area contributed by atoms with Crippen LogP contribution in [0.4, 0.5) is 22.4 Å². The van der Waals surface area contributed by atoms with E-state index in [-0.39, 0.29) is 29.8 Å². The molecule has 15 heteroatoms. The van der Waals surface area contributed by atoms with Gasteiger partial charge in [-0.25, -0.2) is 19.0 Å². The highest BCUT2D eigenvalue weighted by Gasteiger charge is 2.43. The van der Waals surface area contributed by atoms with Crippen molar-refractivity contribution in [1.29, 1.82) is 0 Å². The number of nitrogens with zero attached hydrogens (tertiary/aromatic N) is 1. The molecule has 4 rings (SSSR count). The summed E-state index contributed by atoms with van der Waals surface area (Å²) in [5.74, 6) is -4.13. The normalized spacial score (nSPS) is 18.9. The summed E-state index contributed by atoms with van der Waals surface area (Å²) >= 11 is 0. The molecule has 3 aromatic rings. The lowest BCUT2D eigenvalue weighted by Gasteiger charge is -2.33. The van der Waals surface area contributed by atoms with Crippen molar-refractivity contribution in [2.24, 2.45) is 0 Å². The highest BCUT2D eigenvalue weighted by molar-refractivity contribution is 8.23. The molecule has 2 heterocycles. The number of benzene rings is 2. The molecule has 1 aliphatic rings. The van der Waals surface area contributed by atoms with Gasteiger partial charge in [0.1, 0.15) is 16.9 Å². The SMILES string of the molecule is O=C1CC(c2ccc(C[C@H](NC(=O)OC(=O)C(F)(F)F)c3nc4ccccc4[nH]3)cc2F)S(O)(O)N1. The number of alkyl carbamates (subject to hydrolysis) is 1. The van der Waals surface area contributed by atoms with Gasteiger partial charge in [-0.05, 0) is 23.8 Å². The molecule has 36 heavy (non-hydrogen) atoms. The molecule has 1 unspecified atom stereocenters. The lowest BCUT2D eigenvalue weighted by Crippen LogP contribution is -2.36. The van der Waals surface area contributed by atoms with Gasteiger partial charge in [-0.3, -0.25) is 18.6 Å². The number of halogens is 4. The Balaban J connectivity index is 1.60. The Kier molecular flexibility index (Phi) is 6.64. The van der Waals surface area contributed by atoms with Crippen molar-refractivity contribution in [2.45, 2.75) is 30.3 Å². The molecule has 0 bridgehead atoms. The largest absolute Gasteiger partial charge is 0.491 e. The van der Waals surface area contributed by atoms with E-state index in [1.54, 1.807) is 24.3 Å². The number of hydrogen-bond acceptors (Lipinski definition) is 7. The molecular weight excluding hydrogens is 512 g/mol. The molecule has 0 aliphatic carbocycles. The number of carbonyl (C=O) groups is 3. The highest BCUT2D eigenvalue weighted by Crippen LogP contribution is 2.56. The number of rotatable bonds is 5. The maximum Gasteiger partial charge on any atom is 0.491 e. The number of aromatic nitrogens is 2. The number of nitrogens with one attached hydrogen (secondary N) is 3. The van der Waals surface area contributed by atoms with Crippen molar-refractivity contribution in [3.05, 3.63) is 65.2 Å². The average molecular weight is 530 g/mol. The molecule has 2 amide bonds. The number of fused-ring (bicyclic) bond motifs is 1. The quantitative estimate of drug-likeness (QED) is 0.190. The lowest BCUT2D eigenvalue weighted by molar-refractivity contribution is -0.192. The van der Waals surface area contributed by atoms with Crippen molar-refractivity contribution in [2.75, 3.05) is 0 Å². The molecule has 10 nitrogen and oxygen atoms in total. The van der Waals surface area contributed by atoms with Gasteiger partial charge in [0.25, 0.3) is 0 Å². The standard InChI is InChI=1S/C21H18F4N4O6S/c22-12-7-10(5-6-11(12)16-9-17(30)29-36(16,33)34)8-15(28-20(32)35-19(31)21(23,24)25)18-26-13-3-1-2-4-14(13)27-18/h1-7,15-16,33-34H,8-9H2,(H,26,27)(H,28,32)(H,29,30)/t15-,16?/m0/s1. The number of aromatic amines is 1. The molecule has 1 saturated heterocycles. The first-order chi connectivity index (χ1) is 16.8. The zero-order valence-electron chi connectivity index (χ0n) is 18.0. The summed E-state index contributed by atoms with van der Waals surface area (Å²) in [5, 5.41) is 0.923. The summed E-state index contributed by atoms with van der Waals surface area (Å²) in [7, 11) is -3.60. The second kappa shape index (κ2) is 9.40. The Morgan fingerprint density at radius 3 is 2.56 bits per heavy atom. The number of alkyl halides is 3. The zero-order chi connectivity index (χ0) is 26.3. The Bertz CT molecular complexity index is 1310. The number of carbonyl (C=O) groups excluding carboxylic acids is 3. The van der Waals surface area contributed by atoms with Gasteiger partial charge in [0.15, 0.2) is 0 Å². The molecule has 0 radical (unpaired) electrons. The minimum absolute atomic E-state index is 0.0943. The van der Waals surface area contributed by atoms with Gasteiger partial charge in [-0.15, -0.1) is 10.8 Å². The smallest absolute Gasteiger partial charge is 0.369 e. The number of esters is 1. The van der Waals surface area contributed by atoms with Gasteiger partial charge in [0.05, 0.1) is 23.5 Å². The van der Waals surface area contributed by atoms with E-state index >= 15 is 0 Å². The maximum absolute atomic E-state index is 14.9. The molecule has 0 saturated carbocycles. The van der Waals surface area contributed by atoms with Gasteiger partial charge in [-0.2, -0.15) is 13.2 Å². The molecule has 192 valence electrons. The van der Waals surface area contributed by atoms with E-state index in [0.29, 0.717) is 11.0 Å². The third-order valence-corrected chi connectivity index (χ3v) is 7.07. The summed E-state index contributed by atoms with van der Waals surface area (Å²) in [6, 6.07) is 9.17. The summed E-state index contributed by atoms with van der Waals surface area (Å²) < 4.78 is 78.2. The molecule has 1 fully saturated rings. The van der Waals surface area contributed by atoms with Crippen LogP contribution in [0.15, 0.2) is 42.5 Å². The van der Waals surface area contributed by atoms with E-state index in [9.17, 15) is 41.1 Å². The number of ether oxygens (including phenoxy) is 1. The number of amides is 2. The van der Waals surface area contributed by atoms with Crippen LogP contribution in [0, 0.1) is 5.82 Å². The number of H-pyrrole nitrogens is 1. The Morgan fingerprint density at radius 2 is 1.94 bits per heavy atom. The highest BCUT2D eigenvalue weighted by atomic mass is 32.3. The second-order valence-corrected chi connectivity index (χ2v) is 9.84. The summed E-state index contributed by atoms with van der Waals surface area (Å²) in [6.07, 6.45) is -7.62. The van der Waals surface area contributed by atoms with Crippen LogP contribution in [0.1, 0.15) is 34.7 Å². The summed E-state index contributed by atoms with van der Waals surface area (Å²) in [6.45, 7) is 0. The van der Waals surface area contributed by atoms with Crippen LogP contribution >= 0.6 is 10.8 Å². The van der Waals surface area contributed by atoms with E-state index < -0.39 is 52.0 Å². The molecular formula is C21H18F4N4O6S. The van der Waals surface area contributed by atoms with Crippen molar-refractivity contribution in [3.63, 3.8) is 0 Å². The topological polar surface area (TPSA) is 154 Å². The van der Waals surface area contributed by atoms with Crippen molar-refractivity contribution in [3.8, 4) is 0 Å². The fraction of sp³-hybridized carbons (Fsp3) is 0.238. The van der Waals surface area contributed by atoms with Crippen LogP contribution in [0.25, 0.3) is 11.0 Å². The number of hydrogen-bond donors (Lipinski definition) is 5. The van der Waals surface area contributed by atoms with Gasteiger partial charge < -0.3 is 15.0 Å². The van der Waals surface area contributed by atoms with Crippen LogP contribution < -0.4 is 10.0 Å². The molecule has 0 spiro atoms. The molecule has 2 atom stereocenters. The van der Waals surface area contributed by atoms with Crippen LogP contribution in [0.3, 0.4) is 0 Å². The molecule has 1 aliphatic heterocycles. The molecule has 5 N–H and O–H groups in total. The second-order valence-electron chi connectivity index (χ2n) is 7.88. The van der Waals surface area contributed by atoms with E-state index in [0.717, 1.165) is 6.07 Å². The molecule has 2 aromatic carbocycles. The Morgan fingerprint density at radius 1 is 1.22 bits per heavy atom. The van der Waals surface area contributed by atoms with Gasteiger partial charge in [0.2, 0.25) is 5.91 Å². The monoisotopic (exact) mass is 530 g/mol. The predicted octanol–water partition coefficient (Wildman–Crippen LogP) is 4.03. The Hall–Kier alpha value is -3.69. The van der Waals surface area contributed by atoms with Crippen LogP contribution in [-0.2, 0) is 20.7 Å². The van der Waals surface area contributed by atoms with Gasteiger partial charge in [0, 0.05) is 12.0 Å². The first-order valence-corrected chi connectivity index (χ1v) is 11.8. The summed E-state index contributed by atoms with van der Waals surface area (Å²) in [4.78, 5) is 41.8. The van der Waals surface area contributed by atoms with Crippen LogP contribution in [-0.4, -0.2) is 43.2 Å². The van der Waals surface area contributed by atoms with Crippen LogP contribution in [0.2, 0.25) is 0 Å². The fourth-order valence-corrected chi connectivity index (χ4v) is 5.20. The van der Waals surface area contributed by atoms with E-state index in [2.05, 4.69) is 20.0 Å². The van der Waals surface area contributed by atoms with Crippen molar-refractivity contribution >= 4 is 39.8 Å². The third kappa shape index (κ3) is 5.42. The van der Waals surface area contributed by atoms with Gasteiger partial charge >= 0.3 is 18.2 Å². The van der Waals surface area contributed by atoms with Crippen LogP contribution in [0.5, 0.6) is 0 Å². The van der Waals surface area contributed by atoms with Crippen molar-refractivity contribution < 1.29 is 45.8 Å². The summed E-state index contributed by atoms with van der Waals surface area (Å²) in [5.41, 5.74) is 1.13. The zero-order valence-corrected chi connectivity index (χ0v) is 18.8. The Labute approximate surface area is 201 Å². The third-order valence-electron chi connectivity index (χ3n) is 5.33. The predicted molar refractivity (Wildman–Crippen MR) is 118 cm³/mol. The molecule has 1 aromatic heterocycles. The van der Waals surface area contributed by atoms with E-state index in [1.165, 1.54) is 12.1 Å². The average Bonchev–Trinajstić information content (AvgIpc) is 3.32. The minimum atomic E-state index is -5.39. The first kappa shape index (κ1) is 25.4. The lowest BCUT2D eigenvalue weighted by atomic mass is 10.0.